The number of aromatic nitrogens is 3. The van der Waals surface area contributed by atoms with Gasteiger partial charge in [-0.25, -0.2) is 4.98 Å². The van der Waals surface area contributed by atoms with Crippen LogP contribution in [-0.2, 0) is 6.54 Å². The van der Waals surface area contributed by atoms with Gasteiger partial charge in [0.1, 0.15) is 5.82 Å². The van der Waals surface area contributed by atoms with Crippen LogP contribution in [0, 0.1) is 24.0 Å². The number of aryl methyl sites for hydroxylation is 2. The first-order chi connectivity index (χ1) is 8.56. The Balaban J connectivity index is 2.10. The number of nitrogens with zero attached hydrogens (tertiary/aromatic N) is 4. The molecule has 0 bridgehead atoms. The van der Waals surface area contributed by atoms with E-state index in [1.54, 1.807) is 13.8 Å². The first kappa shape index (κ1) is 12.0. The van der Waals surface area contributed by atoms with E-state index in [1.807, 2.05) is 0 Å². The fourth-order valence-electron chi connectivity index (χ4n) is 1.38. The van der Waals surface area contributed by atoms with Crippen molar-refractivity contribution in [2.45, 2.75) is 20.4 Å². The van der Waals surface area contributed by atoms with Crippen LogP contribution in [0.3, 0.4) is 0 Å². The van der Waals surface area contributed by atoms with Gasteiger partial charge in [-0.15, -0.1) is 0 Å². The maximum absolute atomic E-state index is 10.8. The van der Waals surface area contributed by atoms with Crippen LogP contribution < -0.4 is 5.32 Å². The van der Waals surface area contributed by atoms with E-state index >= 15 is 0 Å². The maximum Gasteiger partial charge on any atom is 0.277 e. The number of hydrogen-bond acceptors (Lipinski definition) is 7. The van der Waals surface area contributed by atoms with E-state index in [4.69, 9.17) is 4.52 Å². The SMILES string of the molecule is Cc1noc(CNc2cc([N+](=O)[O-])c(C)cn2)n1. The number of pyridine rings is 1. The zero-order valence-corrected chi connectivity index (χ0v) is 9.88. The minimum atomic E-state index is -0.445. The summed E-state index contributed by atoms with van der Waals surface area (Å²) in [4.78, 5) is 18.4. The molecular formula is C10H11N5O3. The Hall–Kier alpha value is -2.51. The second-order valence-electron chi connectivity index (χ2n) is 3.70. The van der Waals surface area contributed by atoms with Gasteiger partial charge in [0.2, 0.25) is 5.89 Å². The van der Waals surface area contributed by atoms with Crippen LogP contribution in [0.15, 0.2) is 16.8 Å². The van der Waals surface area contributed by atoms with Crippen molar-refractivity contribution >= 4 is 11.5 Å². The lowest BCUT2D eigenvalue weighted by molar-refractivity contribution is -0.385. The molecule has 0 unspecified atom stereocenters. The minimum Gasteiger partial charge on any atom is -0.361 e. The van der Waals surface area contributed by atoms with Crippen molar-refractivity contribution in [2.24, 2.45) is 0 Å². The summed E-state index contributed by atoms with van der Waals surface area (Å²) in [5, 5.41) is 17.3. The fraction of sp³-hybridized carbons (Fsp3) is 0.300. The summed E-state index contributed by atoms with van der Waals surface area (Å²) < 4.78 is 4.90. The molecule has 2 heterocycles. The van der Waals surface area contributed by atoms with Crippen molar-refractivity contribution in [1.82, 2.24) is 15.1 Å². The van der Waals surface area contributed by atoms with Crippen molar-refractivity contribution in [3.8, 4) is 0 Å². The summed E-state index contributed by atoms with van der Waals surface area (Å²) in [7, 11) is 0. The van der Waals surface area contributed by atoms with Crippen molar-refractivity contribution in [3.63, 3.8) is 0 Å². The van der Waals surface area contributed by atoms with Crippen molar-refractivity contribution in [1.29, 1.82) is 0 Å². The molecule has 0 aromatic carbocycles. The lowest BCUT2D eigenvalue weighted by atomic mass is 10.2. The van der Waals surface area contributed by atoms with E-state index in [9.17, 15) is 10.1 Å². The molecule has 0 amide bonds. The molecule has 0 saturated heterocycles. The predicted molar refractivity (Wildman–Crippen MR) is 62.0 cm³/mol. The second kappa shape index (κ2) is 4.78. The largest absolute Gasteiger partial charge is 0.361 e. The Morgan fingerprint density at radius 3 is 2.89 bits per heavy atom. The van der Waals surface area contributed by atoms with E-state index in [2.05, 4.69) is 20.4 Å². The van der Waals surface area contributed by atoms with Crippen LogP contribution in [-0.4, -0.2) is 20.0 Å². The predicted octanol–water partition coefficient (Wildman–Crippen LogP) is 1.60. The molecule has 2 aromatic heterocycles. The lowest BCUT2D eigenvalue weighted by Gasteiger charge is -2.03. The van der Waals surface area contributed by atoms with Gasteiger partial charge in [0.25, 0.3) is 5.69 Å². The first-order valence-electron chi connectivity index (χ1n) is 5.20. The summed E-state index contributed by atoms with van der Waals surface area (Å²) in [6.45, 7) is 3.62. The Kier molecular flexibility index (Phi) is 3.18. The summed E-state index contributed by atoms with van der Waals surface area (Å²) >= 11 is 0. The Labute approximate surface area is 102 Å². The third-order valence-corrected chi connectivity index (χ3v) is 2.26. The average Bonchev–Trinajstić information content (AvgIpc) is 2.74. The Morgan fingerprint density at radius 2 is 2.28 bits per heavy atom. The number of nitro groups is 1. The van der Waals surface area contributed by atoms with Crippen molar-refractivity contribution in [3.05, 3.63) is 39.7 Å². The number of hydrogen-bond donors (Lipinski definition) is 1. The highest BCUT2D eigenvalue weighted by Crippen LogP contribution is 2.20. The molecule has 0 aliphatic heterocycles. The van der Waals surface area contributed by atoms with Crippen LogP contribution in [0.2, 0.25) is 0 Å². The van der Waals surface area contributed by atoms with Gasteiger partial charge < -0.3 is 9.84 Å². The van der Waals surface area contributed by atoms with Crippen LogP contribution >= 0.6 is 0 Å². The molecule has 0 saturated carbocycles. The smallest absolute Gasteiger partial charge is 0.277 e. The normalized spacial score (nSPS) is 10.3. The van der Waals surface area contributed by atoms with Crippen molar-refractivity contribution in [2.75, 3.05) is 5.32 Å². The van der Waals surface area contributed by atoms with Crippen molar-refractivity contribution < 1.29 is 9.45 Å². The Bertz CT molecular complexity index is 581. The summed E-state index contributed by atoms with van der Waals surface area (Å²) in [5.74, 6) is 1.33. The highest BCUT2D eigenvalue weighted by Gasteiger charge is 2.12. The molecule has 8 nitrogen and oxygen atoms in total. The third-order valence-electron chi connectivity index (χ3n) is 2.26. The Morgan fingerprint density at radius 1 is 1.50 bits per heavy atom. The topological polar surface area (TPSA) is 107 Å². The third kappa shape index (κ3) is 2.59. The van der Waals surface area contributed by atoms with Gasteiger partial charge in [-0.05, 0) is 13.8 Å². The molecule has 0 fully saturated rings. The second-order valence-corrected chi connectivity index (χ2v) is 3.70. The van der Waals surface area contributed by atoms with Gasteiger partial charge in [0, 0.05) is 11.8 Å². The highest BCUT2D eigenvalue weighted by molar-refractivity contribution is 5.48. The zero-order chi connectivity index (χ0) is 13.1. The van der Waals surface area contributed by atoms with Gasteiger partial charge in [-0.1, -0.05) is 5.16 Å². The van der Waals surface area contributed by atoms with E-state index in [0.717, 1.165) is 0 Å². The average molecular weight is 249 g/mol. The lowest BCUT2D eigenvalue weighted by Crippen LogP contribution is -2.03. The van der Waals surface area contributed by atoms with E-state index in [-0.39, 0.29) is 12.2 Å². The van der Waals surface area contributed by atoms with Crippen LogP contribution in [0.5, 0.6) is 0 Å². The van der Waals surface area contributed by atoms with Gasteiger partial charge in [0.05, 0.1) is 17.5 Å². The molecule has 2 aromatic rings. The fourth-order valence-corrected chi connectivity index (χ4v) is 1.38. The monoisotopic (exact) mass is 249 g/mol. The number of nitrogens with one attached hydrogen (secondary N) is 1. The molecule has 0 atom stereocenters. The molecule has 8 heteroatoms. The van der Waals surface area contributed by atoms with E-state index < -0.39 is 4.92 Å². The molecule has 18 heavy (non-hydrogen) atoms. The van der Waals surface area contributed by atoms with E-state index in [0.29, 0.717) is 23.1 Å². The van der Waals surface area contributed by atoms with Crippen LogP contribution in [0.4, 0.5) is 11.5 Å². The minimum absolute atomic E-state index is 0.0224. The van der Waals surface area contributed by atoms with Crippen LogP contribution in [0.25, 0.3) is 0 Å². The maximum atomic E-state index is 10.8. The van der Waals surface area contributed by atoms with Gasteiger partial charge >= 0.3 is 0 Å². The van der Waals surface area contributed by atoms with Gasteiger partial charge in [-0.2, -0.15) is 4.98 Å². The summed E-state index contributed by atoms with van der Waals surface area (Å²) in [5.41, 5.74) is 0.536. The summed E-state index contributed by atoms with van der Waals surface area (Å²) in [6.07, 6.45) is 1.44. The summed E-state index contributed by atoms with van der Waals surface area (Å²) in [6, 6.07) is 1.37. The molecule has 0 aliphatic carbocycles. The quantitative estimate of drug-likeness (QED) is 0.647. The molecule has 1 N–H and O–H groups in total. The zero-order valence-electron chi connectivity index (χ0n) is 9.88. The first-order valence-corrected chi connectivity index (χ1v) is 5.20. The van der Waals surface area contributed by atoms with E-state index in [1.165, 1.54) is 12.3 Å². The molecule has 0 spiro atoms. The molecule has 0 radical (unpaired) electrons. The number of rotatable bonds is 4. The molecule has 94 valence electrons. The highest BCUT2D eigenvalue weighted by atomic mass is 16.6. The number of anilines is 1. The molecule has 2 rings (SSSR count). The molecule has 0 aliphatic rings. The van der Waals surface area contributed by atoms with Crippen LogP contribution in [0.1, 0.15) is 17.3 Å². The van der Waals surface area contributed by atoms with Gasteiger partial charge in [-0.3, -0.25) is 10.1 Å². The standard InChI is InChI=1S/C10H11N5O3/c1-6-4-11-9(3-8(6)15(16)17)12-5-10-13-7(2)14-18-10/h3-4H,5H2,1-2H3,(H,11,12). The van der Waals surface area contributed by atoms with Gasteiger partial charge in [0.15, 0.2) is 5.82 Å². The molecular weight excluding hydrogens is 238 g/mol.